The zero-order chi connectivity index (χ0) is 20.8. The van der Waals surface area contributed by atoms with Crippen molar-refractivity contribution in [3.8, 4) is 5.75 Å². The van der Waals surface area contributed by atoms with Crippen LogP contribution in [0.5, 0.6) is 5.75 Å². The summed E-state index contributed by atoms with van der Waals surface area (Å²) in [5, 5.41) is 14.7. The lowest BCUT2D eigenvalue weighted by Crippen LogP contribution is -2.31. The van der Waals surface area contributed by atoms with Gasteiger partial charge in [-0.15, -0.1) is 0 Å². The maximum Gasteiger partial charge on any atom is 0.280 e. The molecule has 0 aliphatic carbocycles. The van der Waals surface area contributed by atoms with Gasteiger partial charge < -0.3 is 9.67 Å². The molecule has 0 aliphatic heterocycles. The molecule has 3 rings (SSSR count). The molecule has 0 saturated carbocycles. The van der Waals surface area contributed by atoms with Gasteiger partial charge in [-0.25, -0.2) is 9.82 Å². The second-order valence-corrected chi connectivity index (χ2v) is 6.63. The molecule has 0 radical (unpaired) electrons. The molecule has 0 fully saturated rings. The van der Waals surface area contributed by atoms with Crippen molar-refractivity contribution in [1.82, 2.24) is 9.99 Å². The highest BCUT2D eigenvalue weighted by molar-refractivity contribution is 6.02. The number of nitrogens with one attached hydrogen (secondary N) is 1. The highest BCUT2D eigenvalue weighted by Gasteiger charge is 2.21. The normalized spacial score (nSPS) is 11.2. The third-order valence-corrected chi connectivity index (χ3v) is 4.63. The van der Waals surface area contributed by atoms with Crippen LogP contribution < -0.4 is 11.0 Å². The smallest absolute Gasteiger partial charge is 0.280 e. The molecule has 29 heavy (non-hydrogen) atoms. The number of nitrogens with zero attached hydrogens (tertiary/aromatic N) is 2. The maximum absolute atomic E-state index is 13.6. The van der Waals surface area contributed by atoms with Gasteiger partial charge in [0.15, 0.2) is 0 Å². The van der Waals surface area contributed by atoms with Crippen LogP contribution in [0.4, 0.5) is 4.39 Å². The van der Waals surface area contributed by atoms with Crippen molar-refractivity contribution in [2.45, 2.75) is 32.7 Å². The summed E-state index contributed by atoms with van der Waals surface area (Å²) >= 11 is 0. The number of aromatic nitrogens is 1. The number of hydrazone groups is 1. The Hall–Kier alpha value is -3.48. The average molecular weight is 395 g/mol. The summed E-state index contributed by atoms with van der Waals surface area (Å²) < 4.78 is 15.1. The van der Waals surface area contributed by atoms with E-state index in [1.165, 1.54) is 16.7 Å². The maximum atomic E-state index is 13.6. The number of para-hydroxylation sites is 1. The van der Waals surface area contributed by atoms with E-state index in [1.54, 1.807) is 36.4 Å². The average Bonchev–Trinajstić information content (AvgIpc) is 2.72. The van der Waals surface area contributed by atoms with Crippen LogP contribution >= 0.6 is 0 Å². The molecule has 2 aromatic carbocycles. The Morgan fingerprint density at radius 2 is 1.90 bits per heavy atom. The number of carbonyl (C=O) groups is 1. The lowest BCUT2D eigenvalue weighted by molar-refractivity contribution is 0.0950. The van der Waals surface area contributed by atoms with Gasteiger partial charge in [-0.3, -0.25) is 9.59 Å². The van der Waals surface area contributed by atoms with E-state index < -0.39 is 23.0 Å². The molecule has 6 nitrogen and oxygen atoms in total. The van der Waals surface area contributed by atoms with Gasteiger partial charge >= 0.3 is 0 Å². The molecule has 150 valence electrons. The fourth-order valence-electron chi connectivity index (χ4n) is 3.13. The van der Waals surface area contributed by atoms with Crippen molar-refractivity contribution in [3.05, 3.63) is 75.8 Å². The molecule has 1 heterocycles. The Labute approximate surface area is 167 Å². The number of pyridine rings is 1. The number of rotatable bonds is 7. The minimum absolute atomic E-state index is 0.188. The molecule has 0 bridgehead atoms. The van der Waals surface area contributed by atoms with Crippen molar-refractivity contribution < 1.29 is 14.3 Å². The SMILES string of the molecule is CCCCCn1c(=O)c(C(=O)N/N=C/c2ccccc2F)c(O)c2ccccc21. The number of hydrogen-bond donors (Lipinski definition) is 2. The van der Waals surface area contributed by atoms with Crippen LogP contribution in [0.25, 0.3) is 10.9 Å². The quantitative estimate of drug-likeness (QED) is 0.363. The van der Waals surface area contributed by atoms with Crippen molar-refractivity contribution >= 4 is 23.0 Å². The van der Waals surface area contributed by atoms with Crippen LogP contribution in [0.1, 0.15) is 42.1 Å². The highest BCUT2D eigenvalue weighted by atomic mass is 19.1. The fraction of sp³-hybridized carbons (Fsp3) is 0.227. The van der Waals surface area contributed by atoms with E-state index in [-0.39, 0.29) is 11.1 Å². The number of carbonyl (C=O) groups excluding carboxylic acids is 1. The summed E-state index contributed by atoms with van der Waals surface area (Å²) in [6.45, 7) is 2.50. The van der Waals surface area contributed by atoms with Gasteiger partial charge in [0.25, 0.3) is 11.5 Å². The van der Waals surface area contributed by atoms with Gasteiger partial charge in [-0.2, -0.15) is 5.10 Å². The summed E-state index contributed by atoms with van der Waals surface area (Å²) in [4.78, 5) is 25.6. The summed E-state index contributed by atoms with van der Waals surface area (Å²) in [6, 6.07) is 12.8. The number of hydrogen-bond acceptors (Lipinski definition) is 4. The first-order valence-corrected chi connectivity index (χ1v) is 9.47. The topological polar surface area (TPSA) is 83.7 Å². The lowest BCUT2D eigenvalue weighted by Gasteiger charge is -2.14. The molecule has 0 atom stereocenters. The lowest BCUT2D eigenvalue weighted by atomic mass is 10.1. The molecular weight excluding hydrogens is 373 g/mol. The van der Waals surface area contributed by atoms with Gasteiger partial charge in [0, 0.05) is 17.5 Å². The van der Waals surface area contributed by atoms with Gasteiger partial charge in [0.05, 0.1) is 11.7 Å². The molecule has 0 unspecified atom stereocenters. The van der Waals surface area contributed by atoms with Gasteiger partial charge in [-0.1, -0.05) is 50.1 Å². The van der Waals surface area contributed by atoms with Crippen molar-refractivity contribution in [2.24, 2.45) is 5.10 Å². The van der Waals surface area contributed by atoms with Crippen LogP contribution in [0.3, 0.4) is 0 Å². The number of benzene rings is 2. The predicted octanol–water partition coefficient (Wildman–Crippen LogP) is 3.80. The van der Waals surface area contributed by atoms with Crippen LogP contribution in [-0.2, 0) is 6.54 Å². The largest absolute Gasteiger partial charge is 0.506 e. The summed E-state index contributed by atoms with van der Waals surface area (Å²) in [5.74, 6) is -1.73. The van der Waals surface area contributed by atoms with Crippen LogP contribution in [-0.4, -0.2) is 21.8 Å². The standard InChI is InChI=1S/C22H22FN3O3/c1-2-3-8-13-26-18-12-7-5-10-16(18)20(27)19(22(26)29)21(28)25-24-14-15-9-4-6-11-17(15)23/h4-7,9-12,14,27H,2-3,8,13H2,1H3,(H,25,28)/b24-14+. The first-order chi connectivity index (χ1) is 14.0. The van der Waals surface area contributed by atoms with E-state index in [1.807, 2.05) is 0 Å². The summed E-state index contributed by atoms with van der Waals surface area (Å²) in [7, 11) is 0. The predicted molar refractivity (Wildman–Crippen MR) is 111 cm³/mol. The third-order valence-electron chi connectivity index (χ3n) is 4.63. The Morgan fingerprint density at radius 1 is 1.17 bits per heavy atom. The molecular formula is C22H22FN3O3. The molecule has 2 N–H and O–H groups in total. The van der Waals surface area contributed by atoms with E-state index in [2.05, 4.69) is 17.5 Å². The monoisotopic (exact) mass is 395 g/mol. The zero-order valence-corrected chi connectivity index (χ0v) is 16.1. The number of amides is 1. The second-order valence-electron chi connectivity index (χ2n) is 6.63. The Balaban J connectivity index is 1.96. The van der Waals surface area contributed by atoms with E-state index >= 15 is 0 Å². The number of aryl methyl sites for hydroxylation is 1. The van der Waals surface area contributed by atoms with E-state index in [0.717, 1.165) is 25.5 Å². The number of fused-ring (bicyclic) bond motifs is 1. The van der Waals surface area contributed by atoms with Gasteiger partial charge in [0.1, 0.15) is 17.1 Å². The molecule has 0 aliphatic rings. The summed E-state index contributed by atoms with van der Waals surface area (Å²) in [6.07, 6.45) is 3.85. The molecule has 3 aromatic rings. The first kappa shape index (κ1) is 20.3. The third kappa shape index (κ3) is 4.34. The minimum atomic E-state index is -0.852. The Bertz CT molecular complexity index is 1120. The molecule has 7 heteroatoms. The molecule has 0 spiro atoms. The highest BCUT2D eigenvalue weighted by Crippen LogP contribution is 2.26. The van der Waals surface area contributed by atoms with Gasteiger partial charge in [0.2, 0.25) is 0 Å². The first-order valence-electron chi connectivity index (χ1n) is 9.47. The Morgan fingerprint density at radius 3 is 2.66 bits per heavy atom. The van der Waals surface area contributed by atoms with Crippen LogP contribution in [0.15, 0.2) is 58.4 Å². The van der Waals surface area contributed by atoms with Crippen molar-refractivity contribution in [3.63, 3.8) is 0 Å². The van der Waals surface area contributed by atoms with Crippen LogP contribution in [0, 0.1) is 5.82 Å². The zero-order valence-electron chi connectivity index (χ0n) is 16.1. The van der Waals surface area contributed by atoms with E-state index in [9.17, 15) is 19.1 Å². The molecule has 0 saturated heterocycles. The Kier molecular flexibility index (Phi) is 6.39. The van der Waals surface area contributed by atoms with E-state index in [0.29, 0.717) is 17.4 Å². The van der Waals surface area contributed by atoms with Crippen molar-refractivity contribution in [1.29, 1.82) is 0 Å². The van der Waals surface area contributed by atoms with Crippen molar-refractivity contribution in [2.75, 3.05) is 0 Å². The fourth-order valence-corrected chi connectivity index (χ4v) is 3.13. The number of unbranched alkanes of at least 4 members (excludes halogenated alkanes) is 2. The van der Waals surface area contributed by atoms with Crippen LogP contribution in [0.2, 0.25) is 0 Å². The van der Waals surface area contributed by atoms with E-state index in [4.69, 9.17) is 0 Å². The molecule has 1 amide bonds. The molecule has 1 aromatic heterocycles. The number of aromatic hydroxyl groups is 1. The minimum Gasteiger partial charge on any atom is -0.506 e. The van der Waals surface area contributed by atoms with Gasteiger partial charge in [-0.05, 0) is 24.6 Å². The second kappa shape index (κ2) is 9.14. The number of halogens is 1. The summed E-state index contributed by atoms with van der Waals surface area (Å²) in [5.41, 5.74) is 1.99.